The summed E-state index contributed by atoms with van der Waals surface area (Å²) in [7, 11) is -3.33. The van der Waals surface area contributed by atoms with Gasteiger partial charge in [-0.2, -0.15) is 0 Å². The van der Waals surface area contributed by atoms with Gasteiger partial charge >= 0.3 is 7.75 Å². The summed E-state index contributed by atoms with van der Waals surface area (Å²) in [6.45, 7) is 7.41. The average molecular weight is 209 g/mol. The highest BCUT2D eigenvalue weighted by molar-refractivity contribution is 7.51. The third kappa shape index (κ3) is 7.20. The van der Waals surface area contributed by atoms with Gasteiger partial charge in [0.25, 0.3) is 0 Å². The first-order valence-electron chi connectivity index (χ1n) is 4.62. The van der Waals surface area contributed by atoms with E-state index in [1.807, 2.05) is 13.8 Å². The normalized spacial score (nSPS) is 18.6. The molecule has 0 aliphatic rings. The Kier molecular flexibility index (Phi) is 5.81. The van der Waals surface area contributed by atoms with Crippen molar-refractivity contribution in [1.29, 1.82) is 0 Å². The van der Waals surface area contributed by atoms with E-state index in [2.05, 4.69) is 0 Å². The fraction of sp³-hybridized carbons (Fsp3) is 1.00. The molecule has 0 saturated heterocycles. The molecular formula is C8H20NO3P. The molecule has 5 heteroatoms. The molecule has 0 saturated carbocycles. The zero-order chi connectivity index (χ0) is 10.5. The molecule has 0 radical (unpaired) electrons. The lowest BCUT2D eigenvalue weighted by Gasteiger charge is -2.19. The van der Waals surface area contributed by atoms with Crippen molar-refractivity contribution in [2.75, 3.05) is 0 Å². The van der Waals surface area contributed by atoms with Gasteiger partial charge in [-0.3, -0.25) is 9.05 Å². The van der Waals surface area contributed by atoms with Crippen LogP contribution in [0.15, 0.2) is 0 Å². The Balaban J connectivity index is 3.94. The molecule has 80 valence electrons. The quantitative estimate of drug-likeness (QED) is 0.683. The lowest BCUT2D eigenvalue weighted by atomic mass is 10.2. The van der Waals surface area contributed by atoms with Crippen molar-refractivity contribution in [3.05, 3.63) is 0 Å². The van der Waals surface area contributed by atoms with E-state index >= 15 is 0 Å². The summed E-state index contributed by atoms with van der Waals surface area (Å²) in [5.41, 5.74) is 5.36. The number of hydrogen-bond acceptors (Lipinski definition) is 3. The summed E-state index contributed by atoms with van der Waals surface area (Å²) in [5.74, 6) is 0. The van der Waals surface area contributed by atoms with E-state index in [-0.39, 0.29) is 12.2 Å². The van der Waals surface area contributed by atoms with Crippen molar-refractivity contribution in [2.24, 2.45) is 5.50 Å². The molecule has 2 atom stereocenters. The molecule has 0 rings (SSSR count). The van der Waals surface area contributed by atoms with Gasteiger partial charge in [0.15, 0.2) is 0 Å². The van der Waals surface area contributed by atoms with Gasteiger partial charge in [-0.05, 0) is 27.2 Å². The molecule has 2 N–H and O–H groups in total. The second-order valence-corrected chi connectivity index (χ2v) is 4.90. The van der Waals surface area contributed by atoms with Crippen molar-refractivity contribution >= 4 is 7.75 Å². The van der Waals surface area contributed by atoms with Crippen LogP contribution in [0.1, 0.15) is 40.5 Å². The Hall–Kier alpha value is 0.110. The molecule has 0 amide bonds. The molecule has 0 fully saturated rings. The Morgan fingerprint density at radius 1 is 1.31 bits per heavy atom. The molecular weight excluding hydrogens is 189 g/mol. The number of hydrogen-bond donors (Lipinski definition) is 1. The minimum absolute atomic E-state index is 0.111. The van der Waals surface area contributed by atoms with E-state index in [0.29, 0.717) is 0 Å². The molecule has 0 bridgehead atoms. The number of nitrogens with two attached hydrogens (primary N) is 1. The van der Waals surface area contributed by atoms with Crippen LogP contribution in [0.3, 0.4) is 0 Å². The second kappa shape index (κ2) is 5.76. The molecule has 0 aliphatic carbocycles. The van der Waals surface area contributed by atoms with Crippen LogP contribution in [-0.2, 0) is 13.6 Å². The fourth-order valence-electron chi connectivity index (χ4n) is 1.03. The van der Waals surface area contributed by atoms with Crippen LogP contribution in [-0.4, -0.2) is 12.2 Å². The first-order valence-corrected chi connectivity index (χ1v) is 6.24. The highest BCUT2D eigenvalue weighted by Gasteiger charge is 2.22. The maximum Gasteiger partial charge on any atom is 0.403 e. The predicted octanol–water partition coefficient (Wildman–Crippen LogP) is 2.68. The third-order valence-corrected chi connectivity index (χ3v) is 2.75. The van der Waals surface area contributed by atoms with Crippen LogP contribution in [0.4, 0.5) is 0 Å². The van der Waals surface area contributed by atoms with E-state index < -0.39 is 7.75 Å². The Morgan fingerprint density at radius 2 is 1.85 bits per heavy atom. The molecule has 0 aromatic heterocycles. The molecule has 2 unspecified atom stereocenters. The van der Waals surface area contributed by atoms with E-state index in [1.54, 1.807) is 13.8 Å². The first-order chi connectivity index (χ1) is 5.87. The largest absolute Gasteiger partial charge is 0.403 e. The zero-order valence-electron chi connectivity index (χ0n) is 8.82. The molecule has 13 heavy (non-hydrogen) atoms. The Bertz CT molecular complexity index is 184. The standard InChI is InChI=1S/C8H20NO3P/c1-5-6-8(4)12-13(9,10)11-7(2)3/h7-8H,5-6H2,1-4H3,(H2,9,10). The maximum atomic E-state index is 11.4. The summed E-state index contributed by atoms with van der Waals surface area (Å²) in [6, 6.07) is 0. The van der Waals surface area contributed by atoms with Gasteiger partial charge in [0.05, 0.1) is 12.2 Å². The second-order valence-electron chi connectivity index (χ2n) is 3.40. The highest BCUT2D eigenvalue weighted by Crippen LogP contribution is 2.42. The van der Waals surface area contributed by atoms with Crippen LogP contribution >= 0.6 is 7.75 Å². The summed E-state index contributed by atoms with van der Waals surface area (Å²) in [4.78, 5) is 0. The van der Waals surface area contributed by atoms with Crippen molar-refractivity contribution in [3.63, 3.8) is 0 Å². The number of rotatable bonds is 6. The molecule has 0 heterocycles. The molecule has 0 spiro atoms. The van der Waals surface area contributed by atoms with E-state index in [0.717, 1.165) is 12.8 Å². The van der Waals surface area contributed by atoms with Crippen LogP contribution in [0.2, 0.25) is 0 Å². The lowest BCUT2D eigenvalue weighted by Crippen LogP contribution is -2.14. The highest BCUT2D eigenvalue weighted by atomic mass is 31.2. The summed E-state index contributed by atoms with van der Waals surface area (Å²) in [6.07, 6.45) is 1.52. The van der Waals surface area contributed by atoms with E-state index in [4.69, 9.17) is 14.6 Å². The SMILES string of the molecule is CCCC(C)OP(N)(=O)OC(C)C. The summed E-state index contributed by atoms with van der Waals surface area (Å²) in [5, 5.41) is 0. The van der Waals surface area contributed by atoms with Gasteiger partial charge in [-0.1, -0.05) is 13.3 Å². The molecule has 0 aliphatic heterocycles. The van der Waals surface area contributed by atoms with Gasteiger partial charge < -0.3 is 0 Å². The predicted molar refractivity (Wildman–Crippen MR) is 53.5 cm³/mol. The van der Waals surface area contributed by atoms with Crippen molar-refractivity contribution in [2.45, 2.75) is 52.7 Å². The van der Waals surface area contributed by atoms with E-state index in [9.17, 15) is 4.57 Å². The van der Waals surface area contributed by atoms with Gasteiger partial charge in [-0.15, -0.1) is 0 Å². The van der Waals surface area contributed by atoms with Crippen molar-refractivity contribution < 1.29 is 13.6 Å². The fourth-order valence-corrected chi connectivity index (χ4v) is 2.27. The smallest absolute Gasteiger partial charge is 0.294 e. The van der Waals surface area contributed by atoms with Gasteiger partial charge in [0, 0.05) is 0 Å². The van der Waals surface area contributed by atoms with E-state index in [1.165, 1.54) is 0 Å². The molecule has 0 aromatic rings. The van der Waals surface area contributed by atoms with Crippen LogP contribution in [0, 0.1) is 0 Å². The zero-order valence-corrected chi connectivity index (χ0v) is 9.71. The Labute approximate surface area is 80.4 Å². The Morgan fingerprint density at radius 3 is 2.23 bits per heavy atom. The monoisotopic (exact) mass is 209 g/mol. The minimum Gasteiger partial charge on any atom is -0.294 e. The average Bonchev–Trinajstić information content (AvgIpc) is 1.81. The van der Waals surface area contributed by atoms with Crippen molar-refractivity contribution in [3.8, 4) is 0 Å². The third-order valence-electron chi connectivity index (χ3n) is 1.38. The minimum atomic E-state index is -3.33. The molecule has 4 nitrogen and oxygen atoms in total. The van der Waals surface area contributed by atoms with Crippen LogP contribution in [0.5, 0.6) is 0 Å². The topological polar surface area (TPSA) is 61.5 Å². The lowest BCUT2D eigenvalue weighted by molar-refractivity contribution is 0.130. The van der Waals surface area contributed by atoms with Gasteiger partial charge in [-0.25, -0.2) is 10.1 Å². The first kappa shape index (κ1) is 13.1. The van der Waals surface area contributed by atoms with Gasteiger partial charge in [0.1, 0.15) is 0 Å². The summed E-state index contributed by atoms with van der Waals surface area (Å²) < 4.78 is 21.5. The van der Waals surface area contributed by atoms with Gasteiger partial charge in [0.2, 0.25) is 0 Å². The van der Waals surface area contributed by atoms with Crippen molar-refractivity contribution in [1.82, 2.24) is 0 Å². The molecule has 0 aromatic carbocycles. The van der Waals surface area contributed by atoms with Crippen LogP contribution < -0.4 is 5.50 Å². The maximum absolute atomic E-state index is 11.4. The van der Waals surface area contributed by atoms with Crippen LogP contribution in [0.25, 0.3) is 0 Å². The summed E-state index contributed by atoms with van der Waals surface area (Å²) >= 11 is 0.